The van der Waals surface area contributed by atoms with Gasteiger partial charge in [-0.3, -0.25) is 37.3 Å². The number of aliphatic hydroxyl groups excluding tert-OH is 1. The molecular weight excluding hydrogens is 1430 g/mol. The van der Waals surface area contributed by atoms with Crippen LogP contribution >= 0.6 is 15.6 Å². The fraction of sp³-hybridized carbons (Fsp3) is 0.604. The lowest BCUT2D eigenvalue weighted by atomic mass is 10.1. The van der Waals surface area contributed by atoms with Crippen molar-refractivity contribution in [3.8, 4) is 0 Å². The van der Waals surface area contributed by atoms with Gasteiger partial charge in [-0.2, -0.15) is 0 Å². The van der Waals surface area contributed by atoms with Crippen molar-refractivity contribution < 1.29 is 80.2 Å². The van der Waals surface area contributed by atoms with Crippen molar-refractivity contribution >= 4 is 39.5 Å². The van der Waals surface area contributed by atoms with Crippen LogP contribution in [-0.2, 0) is 65.4 Å². The fourth-order valence-corrected chi connectivity index (χ4v) is 11.8. The number of aliphatic hydroxyl groups is 1. The van der Waals surface area contributed by atoms with Crippen molar-refractivity contribution in [1.29, 1.82) is 0 Å². The van der Waals surface area contributed by atoms with E-state index in [1.54, 1.807) is 0 Å². The number of carbonyl (C=O) groups is 4. The van der Waals surface area contributed by atoms with Crippen LogP contribution in [-0.4, -0.2) is 96.7 Å². The van der Waals surface area contributed by atoms with E-state index in [0.29, 0.717) is 38.5 Å². The molecule has 0 radical (unpaired) electrons. The van der Waals surface area contributed by atoms with Crippen LogP contribution in [0.5, 0.6) is 0 Å². The van der Waals surface area contributed by atoms with Gasteiger partial charge in [-0.05, 0) is 180 Å². The van der Waals surface area contributed by atoms with Crippen molar-refractivity contribution in [2.75, 3.05) is 39.6 Å². The molecule has 0 spiro atoms. The molecule has 17 nitrogen and oxygen atoms in total. The standard InChI is InChI=1S/C91H146O17P2/c1-5-9-13-17-21-25-29-33-37-40-42-45-49-52-56-60-64-68-72-76-89(94)102-81-86(107-90(95)77-73-69-65-61-57-53-47-36-32-28-24-20-16-12-8-4)83-105-109(97,98)103-79-85(92)80-104-110(99,100)106-84-87(82-101-88(93)75-71-67-63-59-55-51-48-44-39-35-31-27-23-19-15-11-7-3)108-91(96)78-74-70-66-62-58-54-50-46-43-41-38-34-30-26-22-18-14-10-6-2/h10,14,21-28,33-39,42-43,45-48,51-52,54,56,58-59,63-64,68,85-87,92H,5-9,11-13,15-20,29-32,40-41,44,49-50,53,55,57,60-62,65-67,69-84H2,1-4H3,(H,97,98)(H,99,100)/b14-10-,25-21-,26-22-,27-23-,28-24-,37-33-,38-34-,39-35-,45-42-,46-43-,47-36-,51-48-,56-52-,58-54-,63-59-,68-64-/t85-,86-,87-/m1/s1. The summed E-state index contributed by atoms with van der Waals surface area (Å²) in [5.41, 5.74) is 0. The molecule has 0 aliphatic heterocycles. The van der Waals surface area contributed by atoms with Gasteiger partial charge in [0.05, 0.1) is 26.4 Å². The second-order valence-electron chi connectivity index (χ2n) is 27.0. The average Bonchev–Trinajstić information content (AvgIpc) is 0.907. The molecule has 0 rings (SSSR count). The Morgan fingerprint density at radius 2 is 0.500 bits per heavy atom. The van der Waals surface area contributed by atoms with Crippen LogP contribution in [0.25, 0.3) is 0 Å². The lowest BCUT2D eigenvalue weighted by Crippen LogP contribution is -2.30. The van der Waals surface area contributed by atoms with Crippen LogP contribution in [0, 0.1) is 0 Å². The Hall–Kier alpha value is -6.10. The number of allylic oxidation sites excluding steroid dienone is 32. The molecule has 0 bridgehead atoms. The van der Waals surface area contributed by atoms with Gasteiger partial charge in [0.1, 0.15) is 19.3 Å². The molecule has 0 aliphatic rings. The summed E-state index contributed by atoms with van der Waals surface area (Å²) in [6, 6.07) is 0. The molecule has 19 heteroatoms. The van der Waals surface area contributed by atoms with Crippen LogP contribution < -0.4 is 0 Å². The van der Waals surface area contributed by atoms with E-state index in [9.17, 15) is 43.2 Å². The molecule has 0 aliphatic carbocycles. The van der Waals surface area contributed by atoms with Crippen molar-refractivity contribution in [1.82, 2.24) is 0 Å². The largest absolute Gasteiger partial charge is 0.472 e. The normalized spacial score (nSPS) is 14.8. The lowest BCUT2D eigenvalue weighted by molar-refractivity contribution is -0.161. The Labute approximate surface area is 666 Å². The molecule has 3 N–H and O–H groups in total. The summed E-state index contributed by atoms with van der Waals surface area (Å²) in [4.78, 5) is 73.1. The van der Waals surface area contributed by atoms with Crippen LogP contribution in [0.4, 0.5) is 0 Å². The highest BCUT2D eigenvalue weighted by molar-refractivity contribution is 7.47. The fourth-order valence-electron chi connectivity index (χ4n) is 10.2. The van der Waals surface area contributed by atoms with E-state index >= 15 is 0 Å². The summed E-state index contributed by atoms with van der Waals surface area (Å²) in [6.07, 6.45) is 99.9. The molecule has 110 heavy (non-hydrogen) atoms. The Bertz CT molecular complexity index is 2850. The predicted octanol–water partition coefficient (Wildman–Crippen LogP) is 24.9. The molecule has 5 atom stereocenters. The second-order valence-corrected chi connectivity index (χ2v) is 29.9. The summed E-state index contributed by atoms with van der Waals surface area (Å²) in [5, 5.41) is 10.7. The monoisotopic (exact) mass is 1570 g/mol. The Kier molecular flexibility index (Phi) is 76.4. The minimum atomic E-state index is -5.02. The SMILES string of the molecule is CC/C=C\C/C=C\C/C=C\C/C=C\C/C=C\CCCCCC(=O)O[C@H](COC(=O)CCC/C=C\C/C=C\C/C=C\C/C=C\CCCCC)COP(=O)(O)OC[C@H](O)COP(=O)(O)OC[C@@H](COC(=O)CC/C=C\C/C=C\C/C=C\C/C=C\C/C=C\CCCCC)OC(=O)CCCCCCC/C=C\C/C=C\CCCCC. The van der Waals surface area contributed by atoms with Crippen LogP contribution in [0.15, 0.2) is 194 Å². The molecule has 0 aromatic heterocycles. The predicted molar refractivity (Wildman–Crippen MR) is 454 cm³/mol. The summed E-state index contributed by atoms with van der Waals surface area (Å²) in [7, 11) is -10.0. The Balaban J connectivity index is 5.56. The first-order chi connectivity index (χ1) is 53.7. The number of rotatable bonds is 76. The minimum absolute atomic E-state index is 0.0262. The average molecular weight is 1570 g/mol. The van der Waals surface area contributed by atoms with Crippen LogP contribution in [0.2, 0.25) is 0 Å². The molecular formula is C91H146O17P2. The number of carbonyl (C=O) groups excluding carboxylic acids is 4. The van der Waals surface area contributed by atoms with Gasteiger partial charge in [0.25, 0.3) is 0 Å². The molecule has 0 aromatic rings. The van der Waals surface area contributed by atoms with Gasteiger partial charge >= 0.3 is 39.5 Å². The van der Waals surface area contributed by atoms with E-state index < -0.39 is 97.5 Å². The van der Waals surface area contributed by atoms with Crippen molar-refractivity contribution in [2.24, 2.45) is 0 Å². The zero-order chi connectivity index (χ0) is 80.3. The van der Waals surface area contributed by atoms with E-state index in [-0.39, 0.29) is 25.7 Å². The van der Waals surface area contributed by atoms with Gasteiger partial charge in [0.15, 0.2) is 12.2 Å². The van der Waals surface area contributed by atoms with E-state index in [1.807, 2.05) is 30.4 Å². The third kappa shape index (κ3) is 80.0. The van der Waals surface area contributed by atoms with Crippen molar-refractivity contribution in [2.45, 2.75) is 316 Å². The smallest absolute Gasteiger partial charge is 0.462 e. The van der Waals surface area contributed by atoms with Crippen molar-refractivity contribution in [3.05, 3.63) is 194 Å². The minimum Gasteiger partial charge on any atom is -0.462 e. The van der Waals surface area contributed by atoms with E-state index in [1.165, 1.54) is 57.8 Å². The highest BCUT2D eigenvalue weighted by atomic mass is 31.2. The highest BCUT2D eigenvalue weighted by Crippen LogP contribution is 2.45. The topological polar surface area (TPSA) is 237 Å². The summed E-state index contributed by atoms with van der Waals surface area (Å²) >= 11 is 0. The quantitative estimate of drug-likeness (QED) is 0.0169. The summed E-state index contributed by atoms with van der Waals surface area (Å²) in [5.74, 6) is -2.41. The van der Waals surface area contributed by atoms with E-state index in [2.05, 4.69) is 192 Å². The number of hydrogen-bond acceptors (Lipinski definition) is 15. The number of phosphoric acid groups is 2. The van der Waals surface area contributed by atoms with Crippen molar-refractivity contribution in [3.63, 3.8) is 0 Å². The van der Waals surface area contributed by atoms with E-state index in [0.717, 1.165) is 148 Å². The van der Waals surface area contributed by atoms with Gasteiger partial charge < -0.3 is 33.8 Å². The highest BCUT2D eigenvalue weighted by Gasteiger charge is 2.30. The maximum absolute atomic E-state index is 13.1. The molecule has 2 unspecified atom stereocenters. The zero-order valence-electron chi connectivity index (χ0n) is 68.1. The number of unbranched alkanes of at least 4 members (excludes halogenated alkanes) is 18. The van der Waals surface area contributed by atoms with Gasteiger partial charge in [0.2, 0.25) is 0 Å². The molecule has 0 saturated carbocycles. The number of hydrogen-bond donors (Lipinski definition) is 3. The van der Waals surface area contributed by atoms with Crippen LogP contribution in [0.3, 0.4) is 0 Å². The third-order valence-corrected chi connectivity index (χ3v) is 18.4. The number of ether oxygens (including phenoxy) is 4. The zero-order valence-corrected chi connectivity index (χ0v) is 69.9. The molecule has 0 fully saturated rings. The van der Waals surface area contributed by atoms with Gasteiger partial charge in [0, 0.05) is 25.7 Å². The molecule has 0 amide bonds. The molecule has 622 valence electrons. The first kappa shape index (κ1) is 104. The number of phosphoric ester groups is 2. The van der Waals surface area contributed by atoms with Gasteiger partial charge in [-0.15, -0.1) is 0 Å². The number of esters is 4. The Morgan fingerprint density at radius 1 is 0.264 bits per heavy atom. The lowest BCUT2D eigenvalue weighted by Gasteiger charge is -2.21. The molecule has 0 heterocycles. The third-order valence-electron chi connectivity index (χ3n) is 16.5. The van der Waals surface area contributed by atoms with Crippen LogP contribution in [0.1, 0.15) is 297 Å². The first-order valence-corrected chi connectivity index (χ1v) is 44.7. The van der Waals surface area contributed by atoms with Gasteiger partial charge in [-0.1, -0.05) is 286 Å². The second kappa shape index (κ2) is 80.9. The maximum Gasteiger partial charge on any atom is 0.472 e. The first-order valence-electron chi connectivity index (χ1n) is 41.7. The van der Waals surface area contributed by atoms with Gasteiger partial charge in [-0.25, -0.2) is 9.13 Å². The summed E-state index contributed by atoms with van der Waals surface area (Å²) < 4.78 is 68.6. The molecule has 0 saturated heterocycles. The van der Waals surface area contributed by atoms with E-state index in [4.69, 9.17) is 37.0 Å². The Morgan fingerprint density at radius 3 is 0.818 bits per heavy atom. The summed E-state index contributed by atoms with van der Waals surface area (Å²) in [6.45, 7) is 4.46. The molecule has 0 aromatic carbocycles. The maximum atomic E-state index is 13.1.